The van der Waals surface area contributed by atoms with Gasteiger partial charge in [0.15, 0.2) is 11.6 Å². The summed E-state index contributed by atoms with van der Waals surface area (Å²) < 4.78 is 42.9. The molecule has 2 aromatic carbocycles. The van der Waals surface area contributed by atoms with Gasteiger partial charge in [-0.2, -0.15) is 4.99 Å². The second-order valence-corrected chi connectivity index (χ2v) is 7.74. The molecule has 1 aromatic heterocycles. The zero-order chi connectivity index (χ0) is 19.7. The molecule has 4 rings (SSSR count). The van der Waals surface area contributed by atoms with Gasteiger partial charge in [0, 0.05) is 15.3 Å². The summed E-state index contributed by atoms with van der Waals surface area (Å²) in [5.74, 6) is -2.37. The van der Waals surface area contributed by atoms with E-state index >= 15 is 0 Å². The highest BCUT2D eigenvalue weighted by atomic mass is 32.1. The summed E-state index contributed by atoms with van der Waals surface area (Å²) in [5.41, 5.74) is 1.78. The predicted molar refractivity (Wildman–Crippen MR) is 112 cm³/mol. The first-order valence-electron chi connectivity index (χ1n) is 8.73. The third-order valence-corrected chi connectivity index (χ3v) is 6.00. The van der Waals surface area contributed by atoms with Crippen molar-refractivity contribution in [3.63, 3.8) is 0 Å². The fourth-order valence-electron chi connectivity index (χ4n) is 3.34. The number of thiophene rings is 1. The minimum absolute atomic E-state index is 0.102. The number of aliphatic imine (C=N–C) groups is 1. The maximum atomic E-state index is 14.7. The van der Waals surface area contributed by atoms with Crippen LogP contribution in [-0.4, -0.2) is 5.16 Å². The van der Waals surface area contributed by atoms with Crippen LogP contribution in [0.1, 0.15) is 24.1 Å². The van der Waals surface area contributed by atoms with Crippen LogP contribution in [0.25, 0.3) is 27.1 Å². The van der Waals surface area contributed by atoms with Crippen LogP contribution in [0.3, 0.4) is 0 Å². The van der Waals surface area contributed by atoms with Gasteiger partial charge in [0.05, 0.1) is 5.16 Å². The molecule has 0 bridgehead atoms. The molecule has 3 aromatic rings. The fourth-order valence-corrected chi connectivity index (χ4v) is 4.50. The minimum Gasteiger partial charge on any atom is -0.206 e. The van der Waals surface area contributed by atoms with E-state index in [4.69, 9.17) is 0 Å². The molecule has 0 saturated heterocycles. The van der Waals surface area contributed by atoms with E-state index in [1.54, 1.807) is 17.4 Å². The van der Waals surface area contributed by atoms with Crippen LogP contribution < -0.4 is 0 Å². The first kappa shape index (κ1) is 18.8. The quantitative estimate of drug-likeness (QED) is 0.314. The van der Waals surface area contributed by atoms with Crippen molar-refractivity contribution in [3.8, 4) is 21.6 Å². The SMILES string of the molecule is Fc1cc(-c2ccc(C3=CCCC3)s2)ccc1-c1cc(F)c(N=C=S)c(F)c1. The first-order chi connectivity index (χ1) is 13.6. The Bertz CT molecular complexity index is 1120. The molecule has 0 unspecified atom stereocenters. The standard InChI is InChI=1S/C22H14F3NS2/c23-17-9-14(21-8-7-20(28-21)13-3-1-2-4-13)5-6-16(17)15-10-18(24)22(26-12-27)19(25)11-15/h3,5-11H,1-2,4H2. The Hall–Kier alpha value is -2.53. The molecule has 140 valence electrons. The molecule has 0 radical (unpaired) electrons. The zero-order valence-corrected chi connectivity index (χ0v) is 16.3. The van der Waals surface area contributed by atoms with Crippen molar-refractivity contribution in [1.29, 1.82) is 0 Å². The summed E-state index contributed by atoms with van der Waals surface area (Å²) in [6, 6.07) is 10.8. The van der Waals surface area contributed by atoms with Crippen LogP contribution in [0.15, 0.2) is 53.5 Å². The van der Waals surface area contributed by atoms with E-state index in [1.165, 1.54) is 29.0 Å². The van der Waals surface area contributed by atoms with Crippen LogP contribution in [0.4, 0.5) is 18.9 Å². The Morgan fingerprint density at radius 3 is 2.25 bits per heavy atom. The van der Waals surface area contributed by atoms with Crippen molar-refractivity contribution in [1.82, 2.24) is 0 Å². The lowest BCUT2D eigenvalue weighted by Crippen LogP contribution is -1.90. The highest BCUT2D eigenvalue weighted by molar-refractivity contribution is 7.78. The number of benzene rings is 2. The molecule has 0 fully saturated rings. The van der Waals surface area contributed by atoms with E-state index in [1.807, 2.05) is 11.2 Å². The van der Waals surface area contributed by atoms with Crippen molar-refractivity contribution >= 4 is 40.0 Å². The van der Waals surface area contributed by atoms with Gasteiger partial charge in [0.1, 0.15) is 11.5 Å². The number of halogens is 3. The molecule has 0 atom stereocenters. The summed E-state index contributed by atoms with van der Waals surface area (Å²) in [6.07, 6.45) is 5.61. The summed E-state index contributed by atoms with van der Waals surface area (Å²) in [7, 11) is 0. The van der Waals surface area contributed by atoms with Crippen LogP contribution in [0.5, 0.6) is 0 Å². The Morgan fingerprint density at radius 2 is 1.61 bits per heavy atom. The summed E-state index contributed by atoms with van der Waals surface area (Å²) in [6.45, 7) is 0. The van der Waals surface area contributed by atoms with E-state index in [9.17, 15) is 13.2 Å². The van der Waals surface area contributed by atoms with Crippen molar-refractivity contribution < 1.29 is 13.2 Å². The molecule has 0 N–H and O–H groups in total. The van der Waals surface area contributed by atoms with Crippen molar-refractivity contribution in [2.24, 2.45) is 4.99 Å². The number of rotatable bonds is 4. The van der Waals surface area contributed by atoms with E-state index < -0.39 is 23.1 Å². The average molecular weight is 413 g/mol. The molecule has 28 heavy (non-hydrogen) atoms. The third kappa shape index (κ3) is 3.59. The maximum absolute atomic E-state index is 14.7. The number of isothiocyanates is 1. The summed E-state index contributed by atoms with van der Waals surface area (Å²) in [5, 5.41) is 1.94. The van der Waals surface area contributed by atoms with Crippen LogP contribution in [0, 0.1) is 17.5 Å². The molecule has 1 aliphatic carbocycles. The number of allylic oxidation sites excluding steroid dienone is 2. The Balaban J connectivity index is 1.68. The molecule has 1 heterocycles. The minimum atomic E-state index is -0.913. The van der Waals surface area contributed by atoms with Crippen molar-refractivity contribution in [2.45, 2.75) is 19.3 Å². The van der Waals surface area contributed by atoms with Crippen molar-refractivity contribution in [2.75, 3.05) is 0 Å². The van der Waals surface area contributed by atoms with Crippen LogP contribution in [-0.2, 0) is 0 Å². The van der Waals surface area contributed by atoms with Gasteiger partial charge in [0.25, 0.3) is 0 Å². The van der Waals surface area contributed by atoms with Gasteiger partial charge >= 0.3 is 0 Å². The maximum Gasteiger partial charge on any atom is 0.153 e. The second-order valence-electron chi connectivity index (χ2n) is 6.47. The summed E-state index contributed by atoms with van der Waals surface area (Å²) >= 11 is 6.01. The van der Waals surface area contributed by atoms with Crippen LogP contribution >= 0.6 is 23.6 Å². The largest absolute Gasteiger partial charge is 0.206 e. The highest BCUT2D eigenvalue weighted by Crippen LogP contribution is 2.38. The Morgan fingerprint density at radius 1 is 0.893 bits per heavy atom. The van der Waals surface area contributed by atoms with Gasteiger partial charge in [0.2, 0.25) is 0 Å². The van der Waals surface area contributed by atoms with E-state index in [0.29, 0.717) is 0 Å². The number of nitrogens with zero attached hydrogens (tertiary/aromatic N) is 1. The van der Waals surface area contributed by atoms with Gasteiger partial charge in [-0.25, -0.2) is 13.2 Å². The van der Waals surface area contributed by atoms with E-state index in [0.717, 1.165) is 35.4 Å². The summed E-state index contributed by atoms with van der Waals surface area (Å²) in [4.78, 5) is 5.53. The number of hydrogen-bond donors (Lipinski definition) is 0. The van der Waals surface area contributed by atoms with Crippen molar-refractivity contribution in [3.05, 3.63) is 70.9 Å². The lowest BCUT2D eigenvalue weighted by atomic mass is 10.0. The Labute approximate surface area is 169 Å². The molecular weight excluding hydrogens is 399 g/mol. The Kier molecular flexibility index (Phi) is 5.27. The van der Waals surface area contributed by atoms with Gasteiger partial charge in [-0.15, -0.1) is 11.3 Å². The molecule has 6 heteroatoms. The first-order valence-corrected chi connectivity index (χ1v) is 9.96. The second kappa shape index (κ2) is 7.84. The van der Waals surface area contributed by atoms with Crippen LogP contribution in [0.2, 0.25) is 0 Å². The van der Waals surface area contributed by atoms with Gasteiger partial charge < -0.3 is 0 Å². The third-order valence-electron chi connectivity index (χ3n) is 4.70. The lowest BCUT2D eigenvalue weighted by molar-refractivity contribution is 0.588. The highest BCUT2D eigenvalue weighted by Gasteiger charge is 2.16. The van der Waals surface area contributed by atoms with E-state index in [2.05, 4.69) is 29.4 Å². The topological polar surface area (TPSA) is 12.4 Å². The number of hydrogen-bond acceptors (Lipinski definition) is 3. The fraction of sp³-hybridized carbons (Fsp3) is 0.136. The molecule has 0 spiro atoms. The molecule has 0 amide bonds. The zero-order valence-electron chi connectivity index (χ0n) is 14.6. The molecule has 0 aliphatic heterocycles. The molecule has 1 nitrogen and oxygen atoms in total. The molecular formula is C22H14F3NS2. The average Bonchev–Trinajstić information content (AvgIpc) is 3.35. The smallest absolute Gasteiger partial charge is 0.153 e. The molecule has 0 saturated carbocycles. The van der Waals surface area contributed by atoms with Gasteiger partial charge in [-0.3, -0.25) is 0 Å². The molecule has 1 aliphatic rings. The predicted octanol–water partition coefficient (Wildman–Crippen LogP) is 7.80. The van der Waals surface area contributed by atoms with Gasteiger partial charge in [-0.1, -0.05) is 18.2 Å². The van der Waals surface area contributed by atoms with E-state index in [-0.39, 0.29) is 11.1 Å². The normalized spacial score (nSPS) is 13.3. The monoisotopic (exact) mass is 413 g/mol. The number of thiocarbonyl (C=S) groups is 1. The lowest BCUT2D eigenvalue weighted by Gasteiger charge is -2.08. The van der Waals surface area contributed by atoms with Gasteiger partial charge in [-0.05, 0) is 78.5 Å².